The number of nitrogen functional groups attached to an aromatic ring is 1. The Morgan fingerprint density at radius 3 is 2.17 bits per heavy atom. The molecule has 3 aromatic carbocycles. The summed E-state index contributed by atoms with van der Waals surface area (Å²) in [6.07, 6.45) is 5.08. The lowest BCUT2D eigenvalue weighted by Gasteiger charge is -2.26. The number of amides is 1. The van der Waals surface area contributed by atoms with Crippen molar-refractivity contribution >= 4 is 22.4 Å². The molecule has 194 valence electrons. The first-order valence-corrected chi connectivity index (χ1v) is 13.2. The number of para-hydroxylation sites is 1. The molecule has 0 saturated heterocycles. The van der Waals surface area contributed by atoms with Gasteiger partial charge in [0.1, 0.15) is 11.5 Å². The highest BCUT2D eigenvalue weighted by Gasteiger charge is 2.22. The molecule has 0 radical (unpaired) electrons. The summed E-state index contributed by atoms with van der Waals surface area (Å²) in [5, 5.41) is 15.2. The molecule has 1 amide bonds. The van der Waals surface area contributed by atoms with Crippen LogP contribution in [0.1, 0.15) is 70.2 Å². The van der Waals surface area contributed by atoms with Crippen LogP contribution in [0.2, 0.25) is 0 Å². The highest BCUT2D eigenvalue weighted by atomic mass is 16.5. The number of hydrogen-bond acceptors (Lipinski definition) is 4. The van der Waals surface area contributed by atoms with E-state index in [-0.39, 0.29) is 29.2 Å². The molecular formula is C31H42N2O3. The monoisotopic (exact) mass is 490 g/mol. The highest BCUT2D eigenvalue weighted by molar-refractivity contribution is 6.07. The molecule has 0 bridgehead atoms. The maximum Gasteiger partial charge on any atom is 0.255 e. The molecule has 36 heavy (non-hydrogen) atoms. The van der Waals surface area contributed by atoms with Gasteiger partial charge in [-0.3, -0.25) is 4.79 Å². The summed E-state index contributed by atoms with van der Waals surface area (Å²) in [6.45, 7) is 9.44. The number of fused-ring (bicyclic) bond motifs is 1. The molecule has 3 aromatic rings. The number of nitrogens with two attached hydrogens (primary N) is 1. The molecule has 0 saturated carbocycles. The van der Waals surface area contributed by atoms with Gasteiger partial charge in [0, 0.05) is 23.0 Å². The van der Waals surface area contributed by atoms with E-state index in [4.69, 9.17) is 10.5 Å². The summed E-state index contributed by atoms with van der Waals surface area (Å²) in [5.74, 6) is 1.99. The fourth-order valence-corrected chi connectivity index (χ4v) is 4.57. The summed E-state index contributed by atoms with van der Waals surface area (Å²) < 4.78 is 6.41. The second-order valence-corrected chi connectivity index (χ2v) is 10.7. The van der Waals surface area contributed by atoms with Gasteiger partial charge >= 0.3 is 0 Å². The van der Waals surface area contributed by atoms with Gasteiger partial charge in [-0.15, -0.1) is 0 Å². The third-order valence-electron chi connectivity index (χ3n) is 6.70. The first-order valence-electron chi connectivity index (χ1n) is 13.2. The number of carbonyl (C=O) groups is 1. The first-order chi connectivity index (χ1) is 17.2. The Morgan fingerprint density at radius 2 is 1.50 bits per heavy atom. The van der Waals surface area contributed by atoms with Crippen LogP contribution in [0, 0.1) is 17.8 Å². The predicted molar refractivity (Wildman–Crippen MR) is 149 cm³/mol. The molecule has 0 fully saturated rings. The molecule has 5 nitrogen and oxygen atoms in total. The van der Waals surface area contributed by atoms with Crippen LogP contribution in [-0.2, 0) is 0 Å². The number of benzene rings is 3. The number of phenolic OH excluding ortho intramolecular Hbond substituents is 1. The number of anilines is 1. The van der Waals surface area contributed by atoms with Crippen LogP contribution in [0.15, 0.2) is 60.7 Å². The van der Waals surface area contributed by atoms with Gasteiger partial charge in [-0.1, -0.05) is 76.6 Å². The van der Waals surface area contributed by atoms with E-state index in [1.54, 1.807) is 12.1 Å². The average molecular weight is 491 g/mol. The first kappa shape index (κ1) is 27.4. The summed E-state index contributed by atoms with van der Waals surface area (Å²) in [6, 6.07) is 18.9. The molecule has 0 aliphatic heterocycles. The fourth-order valence-electron chi connectivity index (χ4n) is 4.57. The molecule has 0 aliphatic rings. The maximum absolute atomic E-state index is 13.1. The van der Waals surface area contributed by atoms with Gasteiger partial charge in [-0.05, 0) is 61.6 Å². The zero-order valence-electron chi connectivity index (χ0n) is 22.2. The van der Waals surface area contributed by atoms with Gasteiger partial charge in [-0.25, -0.2) is 0 Å². The van der Waals surface area contributed by atoms with E-state index < -0.39 is 0 Å². The molecule has 2 atom stereocenters. The highest BCUT2D eigenvalue weighted by Crippen LogP contribution is 2.33. The van der Waals surface area contributed by atoms with Gasteiger partial charge in [0.15, 0.2) is 0 Å². The Hall–Kier alpha value is -3.21. The number of nitrogens with one attached hydrogen (secondary N) is 1. The summed E-state index contributed by atoms with van der Waals surface area (Å²) in [5.41, 5.74) is 6.88. The molecule has 0 spiro atoms. The van der Waals surface area contributed by atoms with Crippen molar-refractivity contribution in [2.24, 2.45) is 17.8 Å². The molecule has 4 N–H and O–H groups in total. The van der Waals surface area contributed by atoms with Crippen LogP contribution < -0.4 is 15.8 Å². The fraction of sp³-hybridized carbons (Fsp3) is 0.452. The third-order valence-corrected chi connectivity index (χ3v) is 6.70. The summed E-state index contributed by atoms with van der Waals surface area (Å²) >= 11 is 0. The van der Waals surface area contributed by atoms with E-state index in [2.05, 4.69) is 33.0 Å². The number of ether oxygens (including phenoxy) is 1. The van der Waals surface area contributed by atoms with E-state index in [1.807, 2.05) is 48.5 Å². The molecule has 0 aromatic heterocycles. The predicted octanol–water partition coefficient (Wildman–Crippen LogP) is 7.18. The number of hydrogen-bond donors (Lipinski definition) is 3. The lowest BCUT2D eigenvalue weighted by atomic mass is 9.90. The lowest BCUT2D eigenvalue weighted by Crippen LogP contribution is -2.32. The van der Waals surface area contributed by atoms with Gasteiger partial charge in [0.05, 0.1) is 11.7 Å². The van der Waals surface area contributed by atoms with E-state index in [1.165, 1.54) is 0 Å². The number of rotatable bonds is 13. The van der Waals surface area contributed by atoms with Crippen molar-refractivity contribution in [3.05, 3.63) is 66.2 Å². The Labute approximate surface area is 216 Å². The zero-order chi connectivity index (χ0) is 26.1. The Morgan fingerprint density at radius 1 is 0.889 bits per heavy atom. The van der Waals surface area contributed by atoms with E-state index in [9.17, 15) is 9.90 Å². The topological polar surface area (TPSA) is 84.6 Å². The summed E-state index contributed by atoms with van der Waals surface area (Å²) in [4.78, 5) is 13.1. The van der Waals surface area contributed by atoms with E-state index in [0.717, 1.165) is 43.2 Å². The quantitative estimate of drug-likeness (QED) is 0.175. The smallest absolute Gasteiger partial charge is 0.255 e. The molecular weight excluding hydrogens is 448 g/mol. The largest absolute Gasteiger partial charge is 0.506 e. The standard InChI is InChI=1S/C31H42N2O3/c1-21(2)14-16-23(18-25(17-15-22(3)4)36-24-10-6-5-7-11-24)20-33-31(35)28-19-29(32)26-12-8-9-13-27(26)30(28)34/h5-13,19,21-23,25,34H,14-18,20,32H2,1-4H3,(H,33,35). The molecule has 0 aliphatic carbocycles. The second-order valence-electron chi connectivity index (χ2n) is 10.7. The normalized spacial score (nSPS) is 13.2. The zero-order valence-corrected chi connectivity index (χ0v) is 22.2. The number of phenols is 1. The van der Waals surface area contributed by atoms with E-state index >= 15 is 0 Å². The van der Waals surface area contributed by atoms with Crippen LogP contribution in [0.25, 0.3) is 10.8 Å². The molecule has 2 unspecified atom stereocenters. The van der Waals surface area contributed by atoms with Crippen LogP contribution >= 0.6 is 0 Å². The Bertz CT molecular complexity index is 1110. The van der Waals surface area contributed by atoms with Crippen LogP contribution in [0.5, 0.6) is 11.5 Å². The maximum atomic E-state index is 13.1. The van der Waals surface area contributed by atoms with Crippen LogP contribution in [0.4, 0.5) is 5.69 Å². The second kappa shape index (κ2) is 13.2. The SMILES string of the molecule is CC(C)CCC(CNC(=O)c1cc(N)c2ccccc2c1O)CC(CCC(C)C)Oc1ccccc1. The van der Waals surface area contributed by atoms with Gasteiger partial charge < -0.3 is 20.9 Å². The van der Waals surface area contributed by atoms with Gasteiger partial charge in [-0.2, -0.15) is 0 Å². The number of carbonyl (C=O) groups excluding carboxylic acids is 1. The van der Waals surface area contributed by atoms with Crippen molar-refractivity contribution in [1.82, 2.24) is 5.32 Å². The van der Waals surface area contributed by atoms with Crippen molar-refractivity contribution in [3.63, 3.8) is 0 Å². The van der Waals surface area contributed by atoms with Crippen molar-refractivity contribution < 1.29 is 14.6 Å². The van der Waals surface area contributed by atoms with Crippen LogP contribution in [0.3, 0.4) is 0 Å². The molecule has 3 rings (SSSR count). The molecule has 0 heterocycles. The van der Waals surface area contributed by atoms with Gasteiger partial charge in [0.25, 0.3) is 5.91 Å². The minimum atomic E-state index is -0.304. The number of aromatic hydroxyl groups is 1. The van der Waals surface area contributed by atoms with Crippen molar-refractivity contribution in [2.75, 3.05) is 12.3 Å². The van der Waals surface area contributed by atoms with Crippen molar-refractivity contribution in [2.45, 2.75) is 65.9 Å². The van der Waals surface area contributed by atoms with Crippen molar-refractivity contribution in [1.29, 1.82) is 0 Å². The Balaban J connectivity index is 1.73. The van der Waals surface area contributed by atoms with E-state index in [0.29, 0.717) is 29.5 Å². The summed E-state index contributed by atoms with van der Waals surface area (Å²) in [7, 11) is 0. The minimum Gasteiger partial charge on any atom is -0.506 e. The van der Waals surface area contributed by atoms with Crippen molar-refractivity contribution in [3.8, 4) is 11.5 Å². The van der Waals surface area contributed by atoms with Gasteiger partial charge in [0.2, 0.25) is 0 Å². The Kier molecular flexibility index (Phi) is 10.0. The minimum absolute atomic E-state index is 0.0294. The molecule has 5 heteroatoms. The lowest BCUT2D eigenvalue weighted by molar-refractivity contribution is 0.0930. The van der Waals surface area contributed by atoms with Crippen LogP contribution in [-0.4, -0.2) is 23.7 Å². The average Bonchev–Trinajstić information content (AvgIpc) is 2.86. The third kappa shape index (κ3) is 7.91.